The molecule has 0 fully saturated rings. The summed E-state index contributed by atoms with van der Waals surface area (Å²) in [6, 6.07) is 7.55. The Bertz CT molecular complexity index is 495. The fourth-order valence-corrected chi connectivity index (χ4v) is 3.13. The number of anilines is 1. The lowest BCUT2D eigenvalue weighted by Crippen LogP contribution is -2.31. The minimum absolute atomic E-state index is 0.207. The average molecular weight is 298 g/mol. The van der Waals surface area contributed by atoms with Gasteiger partial charge < -0.3 is 10.2 Å². The standard InChI is InChI=1S/C15H26N2O2S/c1-5-12-20(18,19)15-8-6-14(7-9-15)16-10-11-17(4)13(2)3/h6-9,13,16H,5,10-12H2,1-4H3. The first kappa shape index (κ1) is 17.0. The van der Waals surface area contributed by atoms with E-state index in [1.807, 2.05) is 19.1 Å². The zero-order chi connectivity index (χ0) is 15.2. The van der Waals surface area contributed by atoms with Gasteiger partial charge in [-0.25, -0.2) is 8.42 Å². The van der Waals surface area contributed by atoms with Crippen LogP contribution >= 0.6 is 0 Å². The third kappa shape index (κ3) is 5.13. The molecule has 0 aliphatic rings. The molecule has 0 aliphatic carbocycles. The molecular formula is C15H26N2O2S. The monoisotopic (exact) mass is 298 g/mol. The molecule has 20 heavy (non-hydrogen) atoms. The fraction of sp³-hybridized carbons (Fsp3) is 0.600. The molecule has 0 atom stereocenters. The summed E-state index contributed by atoms with van der Waals surface area (Å²) in [4.78, 5) is 2.66. The normalized spacial score (nSPS) is 12.1. The highest BCUT2D eigenvalue weighted by Crippen LogP contribution is 2.15. The second kappa shape index (κ2) is 7.64. The maximum atomic E-state index is 11.9. The molecule has 0 aliphatic heterocycles. The molecule has 1 rings (SSSR count). The van der Waals surface area contributed by atoms with Crippen LogP contribution in [0.25, 0.3) is 0 Å². The molecule has 1 aromatic carbocycles. The summed E-state index contributed by atoms with van der Waals surface area (Å²) in [7, 11) is -1.02. The molecule has 4 nitrogen and oxygen atoms in total. The molecular weight excluding hydrogens is 272 g/mol. The van der Waals surface area contributed by atoms with Crippen molar-refractivity contribution in [3.05, 3.63) is 24.3 Å². The first-order valence-electron chi connectivity index (χ1n) is 7.13. The summed E-state index contributed by atoms with van der Waals surface area (Å²) in [5.41, 5.74) is 0.956. The van der Waals surface area contributed by atoms with Crippen LogP contribution in [0.5, 0.6) is 0 Å². The second-order valence-corrected chi connectivity index (χ2v) is 7.45. The van der Waals surface area contributed by atoms with Crippen LogP contribution < -0.4 is 5.32 Å². The summed E-state index contributed by atoms with van der Waals surface area (Å²) in [5, 5.41) is 3.30. The fourth-order valence-electron chi connectivity index (χ4n) is 1.80. The Labute approximate surface area is 123 Å². The van der Waals surface area contributed by atoms with Crippen molar-refractivity contribution in [3.8, 4) is 0 Å². The van der Waals surface area contributed by atoms with Crippen LogP contribution in [0.2, 0.25) is 0 Å². The predicted octanol–water partition coefficient (Wildman–Crippen LogP) is 2.62. The van der Waals surface area contributed by atoms with Crippen LogP contribution in [-0.4, -0.2) is 45.2 Å². The molecule has 0 amide bonds. The van der Waals surface area contributed by atoms with Gasteiger partial charge in [0.05, 0.1) is 10.6 Å². The molecule has 0 unspecified atom stereocenters. The summed E-state index contributed by atoms with van der Waals surface area (Å²) in [6.07, 6.45) is 0.643. The van der Waals surface area contributed by atoms with Gasteiger partial charge in [-0.1, -0.05) is 6.92 Å². The van der Waals surface area contributed by atoms with Crippen molar-refractivity contribution in [1.82, 2.24) is 4.90 Å². The molecule has 0 spiro atoms. The van der Waals surface area contributed by atoms with Gasteiger partial charge in [-0.3, -0.25) is 0 Å². The van der Waals surface area contributed by atoms with Gasteiger partial charge in [0, 0.05) is 24.8 Å². The molecule has 0 heterocycles. The number of benzene rings is 1. The minimum Gasteiger partial charge on any atom is -0.384 e. The zero-order valence-electron chi connectivity index (χ0n) is 12.9. The molecule has 114 valence electrons. The van der Waals surface area contributed by atoms with Crippen LogP contribution in [0.4, 0.5) is 5.69 Å². The highest BCUT2D eigenvalue weighted by Gasteiger charge is 2.12. The number of likely N-dealkylation sites (N-methyl/N-ethyl adjacent to an activating group) is 1. The van der Waals surface area contributed by atoms with Crippen molar-refractivity contribution in [1.29, 1.82) is 0 Å². The van der Waals surface area contributed by atoms with Gasteiger partial charge in [-0.2, -0.15) is 0 Å². The first-order valence-corrected chi connectivity index (χ1v) is 8.79. The van der Waals surface area contributed by atoms with Crippen molar-refractivity contribution in [3.63, 3.8) is 0 Å². The van der Waals surface area contributed by atoms with Gasteiger partial charge in [-0.15, -0.1) is 0 Å². The Kier molecular flexibility index (Phi) is 6.49. The number of sulfone groups is 1. The van der Waals surface area contributed by atoms with E-state index in [2.05, 4.69) is 31.1 Å². The number of nitrogens with zero attached hydrogens (tertiary/aromatic N) is 1. The van der Waals surface area contributed by atoms with Crippen LogP contribution in [0, 0.1) is 0 Å². The van der Waals surface area contributed by atoms with E-state index in [0.717, 1.165) is 18.8 Å². The molecule has 5 heteroatoms. The lowest BCUT2D eigenvalue weighted by atomic mass is 10.3. The van der Waals surface area contributed by atoms with E-state index in [1.165, 1.54) is 0 Å². The van der Waals surface area contributed by atoms with Crippen LogP contribution in [0.15, 0.2) is 29.2 Å². The number of hydrogen-bond donors (Lipinski definition) is 1. The topological polar surface area (TPSA) is 49.4 Å². The van der Waals surface area contributed by atoms with Crippen LogP contribution in [0.1, 0.15) is 27.2 Å². The first-order chi connectivity index (χ1) is 9.36. The maximum absolute atomic E-state index is 11.9. The number of rotatable bonds is 8. The van der Waals surface area contributed by atoms with Gasteiger partial charge in [0.25, 0.3) is 0 Å². The average Bonchev–Trinajstić information content (AvgIpc) is 2.39. The van der Waals surface area contributed by atoms with Gasteiger partial charge in [0.15, 0.2) is 9.84 Å². The molecule has 1 N–H and O–H groups in total. The van der Waals surface area contributed by atoms with Gasteiger partial charge in [0.1, 0.15) is 0 Å². The van der Waals surface area contributed by atoms with E-state index in [4.69, 9.17) is 0 Å². The van der Waals surface area contributed by atoms with Crippen LogP contribution in [0.3, 0.4) is 0 Å². The second-order valence-electron chi connectivity index (χ2n) is 5.34. The maximum Gasteiger partial charge on any atom is 0.178 e. The number of hydrogen-bond acceptors (Lipinski definition) is 4. The van der Waals surface area contributed by atoms with Crippen molar-refractivity contribution in [2.24, 2.45) is 0 Å². The minimum atomic E-state index is -3.11. The van der Waals surface area contributed by atoms with Crippen LogP contribution in [-0.2, 0) is 9.84 Å². The lowest BCUT2D eigenvalue weighted by Gasteiger charge is -2.21. The van der Waals surface area contributed by atoms with E-state index >= 15 is 0 Å². The van der Waals surface area contributed by atoms with Crippen molar-refractivity contribution < 1.29 is 8.42 Å². The van der Waals surface area contributed by atoms with E-state index < -0.39 is 9.84 Å². The highest BCUT2D eigenvalue weighted by molar-refractivity contribution is 7.91. The number of nitrogens with one attached hydrogen (secondary N) is 1. The summed E-state index contributed by atoms with van der Waals surface area (Å²) >= 11 is 0. The Balaban J connectivity index is 2.55. The quantitative estimate of drug-likeness (QED) is 0.801. The molecule has 0 aromatic heterocycles. The molecule has 0 radical (unpaired) electrons. The van der Waals surface area contributed by atoms with E-state index in [-0.39, 0.29) is 5.75 Å². The summed E-state index contributed by atoms with van der Waals surface area (Å²) < 4.78 is 23.8. The van der Waals surface area contributed by atoms with E-state index in [1.54, 1.807) is 12.1 Å². The van der Waals surface area contributed by atoms with Crippen molar-refractivity contribution in [2.75, 3.05) is 31.2 Å². The molecule has 0 saturated heterocycles. The largest absolute Gasteiger partial charge is 0.384 e. The lowest BCUT2D eigenvalue weighted by molar-refractivity contribution is 0.284. The van der Waals surface area contributed by atoms with Gasteiger partial charge in [-0.05, 0) is 51.6 Å². The Morgan fingerprint density at radius 1 is 1.20 bits per heavy atom. The van der Waals surface area contributed by atoms with Gasteiger partial charge >= 0.3 is 0 Å². The molecule has 0 bridgehead atoms. The van der Waals surface area contributed by atoms with E-state index in [0.29, 0.717) is 17.4 Å². The Morgan fingerprint density at radius 3 is 2.30 bits per heavy atom. The van der Waals surface area contributed by atoms with Gasteiger partial charge in [0.2, 0.25) is 0 Å². The van der Waals surface area contributed by atoms with Crippen molar-refractivity contribution >= 4 is 15.5 Å². The van der Waals surface area contributed by atoms with E-state index in [9.17, 15) is 8.42 Å². The zero-order valence-corrected chi connectivity index (χ0v) is 13.7. The highest BCUT2D eigenvalue weighted by atomic mass is 32.2. The third-order valence-electron chi connectivity index (χ3n) is 3.36. The predicted molar refractivity (Wildman–Crippen MR) is 85.0 cm³/mol. The van der Waals surface area contributed by atoms with Crippen molar-refractivity contribution in [2.45, 2.75) is 38.1 Å². The Morgan fingerprint density at radius 2 is 1.80 bits per heavy atom. The Hall–Kier alpha value is -1.07. The third-order valence-corrected chi connectivity index (χ3v) is 5.30. The SMILES string of the molecule is CCCS(=O)(=O)c1ccc(NCCN(C)C(C)C)cc1. The summed E-state index contributed by atoms with van der Waals surface area (Å²) in [6.45, 7) is 7.99. The summed E-state index contributed by atoms with van der Waals surface area (Å²) in [5.74, 6) is 0.207. The molecule has 1 aromatic rings. The molecule has 0 saturated carbocycles. The smallest absolute Gasteiger partial charge is 0.178 e.